The molecule has 2 aromatic rings. The van der Waals surface area contributed by atoms with Crippen LogP contribution in [0.4, 0.5) is 0 Å². The molecule has 0 radical (unpaired) electrons. The molecule has 2 rings (SSSR count). The van der Waals surface area contributed by atoms with Gasteiger partial charge in [0.1, 0.15) is 5.65 Å². The van der Waals surface area contributed by atoms with Crippen LogP contribution in [0.1, 0.15) is 0 Å². The van der Waals surface area contributed by atoms with E-state index in [-0.39, 0.29) is 5.75 Å². The first-order valence-electron chi connectivity index (χ1n) is 4.04. The molecule has 0 bridgehead atoms. The predicted octanol–water partition coefficient (Wildman–Crippen LogP) is 1.51. The van der Waals surface area contributed by atoms with Crippen LogP contribution in [0.5, 0.6) is 0 Å². The minimum absolute atomic E-state index is 0.0668. The summed E-state index contributed by atoms with van der Waals surface area (Å²) >= 11 is 1.29. The molecule has 1 N–H and O–H groups in total. The minimum atomic E-state index is -0.813. The topological polar surface area (TPSA) is 54.6 Å². The minimum Gasteiger partial charge on any atom is -0.481 e. The van der Waals surface area contributed by atoms with E-state index in [0.29, 0.717) is 0 Å². The summed E-state index contributed by atoms with van der Waals surface area (Å²) in [5.74, 6) is -0.746. The van der Waals surface area contributed by atoms with Crippen molar-refractivity contribution in [2.45, 2.75) is 5.03 Å². The number of pyridine rings is 1. The van der Waals surface area contributed by atoms with Crippen molar-refractivity contribution in [3.05, 3.63) is 30.6 Å². The second-order valence-electron chi connectivity index (χ2n) is 2.70. The van der Waals surface area contributed by atoms with Crippen LogP contribution < -0.4 is 0 Å². The second kappa shape index (κ2) is 3.71. The molecule has 72 valence electrons. The molecule has 0 unspecified atom stereocenters. The maximum Gasteiger partial charge on any atom is 0.313 e. The molecule has 0 spiro atoms. The lowest BCUT2D eigenvalue weighted by atomic mass is 10.5. The van der Waals surface area contributed by atoms with Crippen molar-refractivity contribution in [1.29, 1.82) is 0 Å². The third-order valence-corrected chi connectivity index (χ3v) is 2.75. The van der Waals surface area contributed by atoms with Crippen molar-refractivity contribution in [3.63, 3.8) is 0 Å². The lowest BCUT2D eigenvalue weighted by Gasteiger charge is -2.01. The Labute approximate surface area is 84.6 Å². The van der Waals surface area contributed by atoms with E-state index in [1.807, 2.05) is 28.8 Å². The number of hydrogen-bond donors (Lipinski definition) is 1. The first kappa shape index (κ1) is 9.08. The molecule has 0 saturated carbocycles. The number of thioether (sulfide) groups is 1. The first-order valence-corrected chi connectivity index (χ1v) is 5.02. The van der Waals surface area contributed by atoms with E-state index in [0.717, 1.165) is 10.7 Å². The third kappa shape index (κ3) is 1.72. The van der Waals surface area contributed by atoms with E-state index in [1.165, 1.54) is 11.8 Å². The molecular weight excluding hydrogens is 200 g/mol. The molecule has 2 heterocycles. The Bertz CT molecular complexity index is 467. The summed E-state index contributed by atoms with van der Waals surface area (Å²) < 4.78 is 1.87. The van der Waals surface area contributed by atoms with Crippen LogP contribution in [-0.4, -0.2) is 26.2 Å². The number of aromatic nitrogens is 2. The Morgan fingerprint density at radius 1 is 1.57 bits per heavy atom. The molecule has 4 nitrogen and oxygen atoms in total. The molecule has 0 aliphatic rings. The van der Waals surface area contributed by atoms with Gasteiger partial charge in [0.2, 0.25) is 0 Å². The van der Waals surface area contributed by atoms with E-state index in [4.69, 9.17) is 5.11 Å². The van der Waals surface area contributed by atoms with E-state index in [1.54, 1.807) is 6.20 Å². The molecule has 0 atom stereocenters. The Balaban J connectivity index is 2.32. The number of carboxylic acid groups (broad SMARTS) is 1. The van der Waals surface area contributed by atoms with Gasteiger partial charge in [0.15, 0.2) is 0 Å². The number of fused-ring (bicyclic) bond motifs is 1. The molecule has 14 heavy (non-hydrogen) atoms. The Morgan fingerprint density at radius 2 is 2.43 bits per heavy atom. The molecule has 0 fully saturated rings. The maximum atomic E-state index is 10.4. The van der Waals surface area contributed by atoms with Crippen LogP contribution in [0.3, 0.4) is 0 Å². The van der Waals surface area contributed by atoms with Gasteiger partial charge in [-0.15, -0.1) is 0 Å². The zero-order valence-corrected chi connectivity index (χ0v) is 8.07. The van der Waals surface area contributed by atoms with Gasteiger partial charge in [-0.3, -0.25) is 9.20 Å². The molecular formula is C9H8N2O2S. The summed E-state index contributed by atoms with van der Waals surface area (Å²) in [6.07, 6.45) is 3.51. The van der Waals surface area contributed by atoms with Crippen molar-refractivity contribution in [3.8, 4) is 0 Å². The molecule has 0 saturated heterocycles. The van der Waals surface area contributed by atoms with Gasteiger partial charge in [0.25, 0.3) is 0 Å². The fraction of sp³-hybridized carbons (Fsp3) is 0.111. The predicted molar refractivity (Wildman–Crippen MR) is 53.6 cm³/mol. The molecule has 0 aliphatic heterocycles. The van der Waals surface area contributed by atoms with E-state index >= 15 is 0 Å². The Kier molecular flexibility index (Phi) is 2.41. The SMILES string of the molecule is O=C(O)CSc1cccc2nccn12. The highest BCUT2D eigenvalue weighted by Gasteiger charge is 2.03. The van der Waals surface area contributed by atoms with Crippen LogP contribution in [0.15, 0.2) is 35.6 Å². The fourth-order valence-electron chi connectivity index (χ4n) is 1.17. The average Bonchev–Trinajstić information content (AvgIpc) is 2.62. The van der Waals surface area contributed by atoms with E-state index in [9.17, 15) is 4.79 Å². The number of carbonyl (C=O) groups is 1. The first-order chi connectivity index (χ1) is 6.77. The summed E-state index contributed by atoms with van der Waals surface area (Å²) in [6, 6.07) is 5.62. The molecule has 5 heteroatoms. The highest BCUT2D eigenvalue weighted by Crippen LogP contribution is 2.18. The van der Waals surface area contributed by atoms with Gasteiger partial charge in [0, 0.05) is 12.4 Å². The fourth-order valence-corrected chi connectivity index (χ4v) is 1.91. The van der Waals surface area contributed by atoms with Gasteiger partial charge in [-0.1, -0.05) is 17.8 Å². The van der Waals surface area contributed by atoms with Gasteiger partial charge in [-0.2, -0.15) is 0 Å². The largest absolute Gasteiger partial charge is 0.481 e. The number of aliphatic carboxylic acids is 1. The van der Waals surface area contributed by atoms with Gasteiger partial charge in [-0.05, 0) is 12.1 Å². The van der Waals surface area contributed by atoms with Crippen molar-refractivity contribution in [2.75, 3.05) is 5.75 Å². The second-order valence-corrected chi connectivity index (χ2v) is 3.70. The number of rotatable bonds is 3. The summed E-state index contributed by atoms with van der Waals surface area (Å²) in [5.41, 5.74) is 0.834. The summed E-state index contributed by atoms with van der Waals surface area (Å²) in [5, 5.41) is 9.44. The smallest absolute Gasteiger partial charge is 0.313 e. The zero-order chi connectivity index (χ0) is 9.97. The van der Waals surface area contributed by atoms with Crippen molar-refractivity contribution in [1.82, 2.24) is 9.38 Å². The summed E-state index contributed by atoms with van der Waals surface area (Å²) in [6.45, 7) is 0. The van der Waals surface area contributed by atoms with Gasteiger partial charge in [-0.25, -0.2) is 4.98 Å². The van der Waals surface area contributed by atoms with Crippen LogP contribution in [0, 0.1) is 0 Å². The number of carboxylic acids is 1. The Hall–Kier alpha value is -1.49. The van der Waals surface area contributed by atoms with E-state index < -0.39 is 5.97 Å². The zero-order valence-electron chi connectivity index (χ0n) is 7.25. The van der Waals surface area contributed by atoms with Gasteiger partial charge >= 0.3 is 5.97 Å². The van der Waals surface area contributed by atoms with Crippen molar-refractivity contribution >= 4 is 23.4 Å². The van der Waals surface area contributed by atoms with Gasteiger partial charge in [0.05, 0.1) is 10.8 Å². The normalized spacial score (nSPS) is 10.6. The lowest BCUT2D eigenvalue weighted by Crippen LogP contribution is -1.99. The number of hydrogen-bond acceptors (Lipinski definition) is 3. The third-order valence-electron chi connectivity index (χ3n) is 1.73. The number of imidazole rings is 1. The Morgan fingerprint density at radius 3 is 3.21 bits per heavy atom. The van der Waals surface area contributed by atoms with Crippen LogP contribution in [0.2, 0.25) is 0 Å². The molecule has 0 amide bonds. The highest BCUT2D eigenvalue weighted by molar-refractivity contribution is 7.99. The van der Waals surface area contributed by atoms with Crippen LogP contribution in [0.25, 0.3) is 5.65 Å². The highest BCUT2D eigenvalue weighted by atomic mass is 32.2. The quantitative estimate of drug-likeness (QED) is 0.777. The van der Waals surface area contributed by atoms with Crippen LogP contribution in [-0.2, 0) is 4.79 Å². The monoisotopic (exact) mass is 208 g/mol. The van der Waals surface area contributed by atoms with Crippen LogP contribution >= 0.6 is 11.8 Å². The standard InChI is InChI=1S/C9H8N2O2S/c12-9(13)6-14-8-3-1-2-7-10-4-5-11(7)8/h1-5H,6H2,(H,12,13). The average molecular weight is 208 g/mol. The number of nitrogens with zero attached hydrogens (tertiary/aromatic N) is 2. The summed E-state index contributed by atoms with van der Waals surface area (Å²) in [4.78, 5) is 14.5. The van der Waals surface area contributed by atoms with E-state index in [2.05, 4.69) is 4.98 Å². The van der Waals surface area contributed by atoms with Gasteiger partial charge < -0.3 is 5.11 Å². The molecule has 2 aromatic heterocycles. The maximum absolute atomic E-state index is 10.4. The lowest BCUT2D eigenvalue weighted by molar-refractivity contribution is -0.133. The molecule has 0 aromatic carbocycles. The van der Waals surface area contributed by atoms with Crippen molar-refractivity contribution < 1.29 is 9.90 Å². The molecule has 0 aliphatic carbocycles. The summed E-state index contributed by atoms with van der Waals surface area (Å²) in [7, 11) is 0. The van der Waals surface area contributed by atoms with Crippen molar-refractivity contribution in [2.24, 2.45) is 0 Å².